The first kappa shape index (κ1) is 17.2. The van der Waals surface area contributed by atoms with Crippen LogP contribution in [0.15, 0.2) is 60.0 Å². The minimum Gasteiger partial charge on any atom is -0.420 e. The third-order valence-corrected chi connectivity index (χ3v) is 4.50. The summed E-state index contributed by atoms with van der Waals surface area (Å²) in [6.07, 6.45) is 0. The maximum atomic E-state index is 14.6. The number of H-pyrrole nitrogens is 1. The number of nitriles is 1. The van der Waals surface area contributed by atoms with E-state index in [-0.39, 0.29) is 28.6 Å². The number of nitrogens with one attached hydrogen (secondary N) is 1. The van der Waals surface area contributed by atoms with Crippen LogP contribution >= 0.6 is 0 Å². The molecule has 3 N–H and O–H groups in total. The van der Waals surface area contributed by atoms with Crippen molar-refractivity contribution in [3.63, 3.8) is 0 Å². The maximum Gasteiger partial charge on any atom is 0.270 e. The van der Waals surface area contributed by atoms with Crippen LogP contribution in [0.4, 0.5) is 10.1 Å². The van der Waals surface area contributed by atoms with Crippen molar-refractivity contribution in [3.8, 4) is 23.2 Å². The van der Waals surface area contributed by atoms with E-state index in [2.05, 4.69) is 10.2 Å². The van der Waals surface area contributed by atoms with E-state index >= 15 is 0 Å². The first-order valence-electron chi connectivity index (χ1n) is 8.16. The molecule has 2 heterocycles. The number of nitrogens with two attached hydrogens (primary N) is 1. The number of hydrogen-bond acceptors (Lipinski definition) is 6. The van der Waals surface area contributed by atoms with Gasteiger partial charge in [0, 0.05) is 23.3 Å². The van der Waals surface area contributed by atoms with E-state index in [9.17, 15) is 19.8 Å². The average Bonchev–Trinajstić information content (AvgIpc) is 3.11. The van der Waals surface area contributed by atoms with Gasteiger partial charge in [0.05, 0.1) is 22.1 Å². The van der Waals surface area contributed by atoms with Gasteiger partial charge in [-0.1, -0.05) is 30.3 Å². The Balaban J connectivity index is 1.97. The van der Waals surface area contributed by atoms with Gasteiger partial charge in [-0.05, 0) is 6.07 Å². The molecular formula is C19H12FN5O3. The highest BCUT2D eigenvalue weighted by molar-refractivity contribution is 5.72. The van der Waals surface area contributed by atoms with Crippen molar-refractivity contribution in [2.75, 3.05) is 0 Å². The number of nitro groups is 1. The average molecular weight is 377 g/mol. The van der Waals surface area contributed by atoms with Crippen molar-refractivity contribution in [2.45, 2.75) is 5.92 Å². The number of fused-ring (bicyclic) bond motifs is 1. The van der Waals surface area contributed by atoms with Gasteiger partial charge in [-0.15, -0.1) is 5.10 Å². The lowest BCUT2D eigenvalue weighted by atomic mass is 9.83. The summed E-state index contributed by atoms with van der Waals surface area (Å²) in [6, 6.07) is 13.9. The van der Waals surface area contributed by atoms with E-state index in [4.69, 9.17) is 10.5 Å². The Hall–Kier alpha value is -4.19. The smallest absolute Gasteiger partial charge is 0.270 e. The van der Waals surface area contributed by atoms with Gasteiger partial charge in [-0.2, -0.15) is 5.26 Å². The molecule has 0 saturated carbocycles. The monoisotopic (exact) mass is 377 g/mol. The predicted molar refractivity (Wildman–Crippen MR) is 96.4 cm³/mol. The Kier molecular flexibility index (Phi) is 4.01. The fourth-order valence-corrected chi connectivity index (χ4v) is 3.26. The summed E-state index contributed by atoms with van der Waals surface area (Å²) in [4.78, 5) is 10.6. The second-order valence-electron chi connectivity index (χ2n) is 6.07. The summed E-state index contributed by atoms with van der Waals surface area (Å²) in [5.41, 5.74) is 7.22. The molecule has 9 heteroatoms. The van der Waals surface area contributed by atoms with E-state index in [1.54, 1.807) is 18.2 Å². The first-order chi connectivity index (χ1) is 13.5. The van der Waals surface area contributed by atoms with Crippen LogP contribution in [-0.4, -0.2) is 15.1 Å². The Morgan fingerprint density at radius 3 is 2.79 bits per heavy atom. The lowest BCUT2D eigenvalue weighted by Crippen LogP contribution is -2.21. The zero-order valence-corrected chi connectivity index (χ0v) is 14.2. The van der Waals surface area contributed by atoms with Crippen LogP contribution in [0.25, 0.3) is 11.3 Å². The molecule has 0 unspecified atom stereocenters. The minimum atomic E-state index is -0.872. The Labute approximate surface area is 157 Å². The summed E-state index contributed by atoms with van der Waals surface area (Å²) in [5.74, 6) is -1.47. The molecule has 1 aromatic heterocycles. The van der Waals surface area contributed by atoms with Crippen LogP contribution in [0.1, 0.15) is 17.0 Å². The van der Waals surface area contributed by atoms with Crippen molar-refractivity contribution in [2.24, 2.45) is 5.73 Å². The fraction of sp³-hybridized carbons (Fsp3) is 0.0526. The van der Waals surface area contributed by atoms with Crippen LogP contribution in [0, 0.1) is 27.3 Å². The Morgan fingerprint density at radius 1 is 1.29 bits per heavy atom. The zero-order valence-electron chi connectivity index (χ0n) is 14.2. The molecule has 0 amide bonds. The van der Waals surface area contributed by atoms with Crippen LogP contribution in [0.2, 0.25) is 0 Å². The second kappa shape index (κ2) is 6.51. The zero-order chi connectivity index (χ0) is 19.8. The molecule has 28 heavy (non-hydrogen) atoms. The molecule has 0 saturated heterocycles. The van der Waals surface area contributed by atoms with E-state index in [1.807, 2.05) is 6.07 Å². The van der Waals surface area contributed by atoms with Gasteiger partial charge >= 0.3 is 0 Å². The van der Waals surface area contributed by atoms with Gasteiger partial charge in [0.1, 0.15) is 17.5 Å². The molecule has 8 nitrogen and oxygen atoms in total. The molecule has 1 aliphatic heterocycles. The van der Waals surface area contributed by atoms with E-state index in [0.29, 0.717) is 16.8 Å². The topological polar surface area (TPSA) is 131 Å². The SMILES string of the molecule is N#CC1=C(N)Oc2n[nH]c(-c3cccc([N+](=O)[O-])c3)c2[C@@H]1c1ccccc1F. The molecule has 1 atom stereocenters. The molecule has 0 bridgehead atoms. The van der Waals surface area contributed by atoms with Gasteiger partial charge in [0.25, 0.3) is 5.69 Å². The summed E-state index contributed by atoms with van der Waals surface area (Å²) in [6.45, 7) is 0. The molecular weight excluding hydrogens is 365 g/mol. The second-order valence-corrected chi connectivity index (χ2v) is 6.07. The van der Waals surface area contributed by atoms with E-state index < -0.39 is 16.7 Å². The Morgan fingerprint density at radius 2 is 2.07 bits per heavy atom. The molecule has 0 fully saturated rings. The van der Waals surface area contributed by atoms with E-state index in [0.717, 1.165) is 0 Å². The van der Waals surface area contributed by atoms with Crippen molar-refractivity contribution in [1.29, 1.82) is 5.26 Å². The first-order valence-corrected chi connectivity index (χ1v) is 8.16. The highest BCUT2D eigenvalue weighted by Crippen LogP contribution is 2.46. The normalized spacial score (nSPS) is 15.5. The maximum absolute atomic E-state index is 14.6. The summed E-state index contributed by atoms with van der Waals surface area (Å²) in [7, 11) is 0. The minimum absolute atomic E-state index is 0.0330. The molecule has 1 aliphatic rings. The van der Waals surface area contributed by atoms with E-state index in [1.165, 1.54) is 30.3 Å². The number of aromatic nitrogens is 2. The van der Waals surface area contributed by atoms with Crippen molar-refractivity contribution in [1.82, 2.24) is 10.2 Å². The number of allylic oxidation sites excluding steroid dienone is 1. The number of aromatic amines is 1. The van der Waals surface area contributed by atoms with Crippen LogP contribution in [-0.2, 0) is 0 Å². The number of halogens is 1. The standard InChI is InChI=1S/C19H12FN5O3/c20-14-7-2-1-6-12(14)15-13(9-21)18(22)28-19-16(15)17(23-24-19)10-4-3-5-11(8-10)25(26)27/h1-8,15H,22H2,(H,23,24)/t15-/m1/s1. The van der Waals surface area contributed by atoms with Crippen molar-refractivity contribution >= 4 is 5.69 Å². The molecule has 4 rings (SSSR count). The summed E-state index contributed by atoms with van der Waals surface area (Å²) < 4.78 is 20.0. The lowest BCUT2D eigenvalue weighted by molar-refractivity contribution is -0.384. The molecule has 0 radical (unpaired) electrons. The quantitative estimate of drug-likeness (QED) is 0.532. The van der Waals surface area contributed by atoms with Gasteiger partial charge in [-0.25, -0.2) is 4.39 Å². The molecule has 0 spiro atoms. The van der Waals surface area contributed by atoms with Crippen LogP contribution in [0.5, 0.6) is 5.88 Å². The van der Waals surface area contributed by atoms with Gasteiger partial charge in [0.2, 0.25) is 11.8 Å². The molecule has 138 valence electrons. The highest BCUT2D eigenvalue weighted by Gasteiger charge is 2.37. The number of non-ortho nitro benzene ring substituents is 1. The molecule has 2 aromatic carbocycles. The fourth-order valence-electron chi connectivity index (χ4n) is 3.26. The number of nitrogens with zero attached hydrogens (tertiary/aromatic N) is 3. The van der Waals surface area contributed by atoms with Gasteiger partial charge < -0.3 is 10.5 Å². The van der Waals surface area contributed by atoms with Crippen molar-refractivity contribution < 1.29 is 14.1 Å². The summed E-state index contributed by atoms with van der Waals surface area (Å²) >= 11 is 0. The number of hydrogen-bond donors (Lipinski definition) is 2. The molecule has 0 aliphatic carbocycles. The van der Waals surface area contributed by atoms with Crippen LogP contribution < -0.4 is 10.5 Å². The van der Waals surface area contributed by atoms with Gasteiger partial charge in [0.15, 0.2) is 0 Å². The number of benzene rings is 2. The van der Waals surface area contributed by atoms with Crippen molar-refractivity contribution in [3.05, 3.63) is 87.0 Å². The largest absolute Gasteiger partial charge is 0.420 e. The number of nitro benzene ring substituents is 1. The third-order valence-electron chi connectivity index (χ3n) is 4.50. The Bertz CT molecular complexity index is 1180. The third kappa shape index (κ3) is 2.64. The lowest BCUT2D eigenvalue weighted by Gasteiger charge is -2.24. The predicted octanol–water partition coefficient (Wildman–Crippen LogP) is 3.34. The highest BCUT2D eigenvalue weighted by atomic mass is 19.1. The number of ether oxygens (including phenoxy) is 1. The number of rotatable bonds is 3. The van der Waals surface area contributed by atoms with Gasteiger partial charge in [-0.3, -0.25) is 15.2 Å². The van der Waals surface area contributed by atoms with Crippen LogP contribution in [0.3, 0.4) is 0 Å². The molecule has 3 aromatic rings. The summed E-state index contributed by atoms with van der Waals surface area (Å²) in [5, 5.41) is 27.6.